The maximum atomic E-state index is 13.2. The van der Waals surface area contributed by atoms with Crippen LogP contribution in [0.1, 0.15) is 23.0 Å². The van der Waals surface area contributed by atoms with Crippen LogP contribution >= 0.6 is 0 Å². The van der Waals surface area contributed by atoms with Gasteiger partial charge in [-0.05, 0) is 50.2 Å². The first-order chi connectivity index (χ1) is 15.4. The van der Waals surface area contributed by atoms with Gasteiger partial charge in [0.1, 0.15) is 11.5 Å². The summed E-state index contributed by atoms with van der Waals surface area (Å²) in [6, 6.07) is 14.7. The minimum atomic E-state index is -0.386. The third-order valence-electron chi connectivity index (χ3n) is 5.85. The number of aromatic nitrogens is 2. The maximum absolute atomic E-state index is 13.2. The molecule has 1 fully saturated rings. The van der Waals surface area contributed by atoms with Crippen molar-refractivity contribution >= 4 is 11.6 Å². The average molecular weight is 436 g/mol. The number of benzene rings is 2. The SMILES string of the molecule is CCn1c(=O)c(N2CCN(C(=O)c3ccc(F)cc3)CC2)c(C)n(-c2ccccc2)c1=O. The summed E-state index contributed by atoms with van der Waals surface area (Å²) < 4.78 is 16.0. The van der Waals surface area contributed by atoms with Gasteiger partial charge in [0.2, 0.25) is 0 Å². The minimum Gasteiger partial charge on any atom is -0.362 e. The van der Waals surface area contributed by atoms with Crippen LogP contribution in [0.3, 0.4) is 0 Å². The Labute approximate surface area is 184 Å². The van der Waals surface area contributed by atoms with Crippen molar-refractivity contribution in [2.45, 2.75) is 20.4 Å². The zero-order chi connectivity index (χ0) is 22.8. The van der Waals surface area contributed by atoms with E-state index in [-0.39, 0.29) is 29.5 Å². The lowest BCUT2D eigenvalue weighted by Crippen LogP contribution is -2.52. The predicted molar refractivity (Wildman–Crippen MR) is 121 cm³/mol. The van der Waals surface area contributed by atoms with Gasteiger partial charge in [0, 0.05) is 38.3 Å². The van der Waals surface area contributed by atoms with E-state index in [0.29, 0.717) is 48.8 Å². The Kier molecular flexibility index (Phi) is 5.94. The van der Waals surface area contributed by atoms with Gasteiger partial charge in [-0.15, -0.1) is 0 Å². The molecule has 1 aliphatic heterocycles. The molecule has 166 valence electrons. The number of para-hydroxylation sites is 1. The molecule has 0 aliphatic carbocycles. The van der Waals surface area contributed by atoms with Crippen LogP contribution in [-0.4, -0.2) is 46.1 Å². The first-order valence-electron chi connectivity index (χ1n) is 10.6. The Balaban J connectivity index is 1.65. The molecule has 0 spiro atoms. The van der Waals surface area contributed by atoms with E-state index in [1.54, 1.807) is 23.3 Å². The van der Waals surface area contributed by atoms with Crippen LogP contribution < -0.4 is 16.1 Å². The van der Waals surface area contributed by atoms with Gasteiger partial charge < -0.3 is 9.80 Å². The van der Waals surface area contributed by atoms with Crippen molar-refractivity contribution in [3.8, 4) is 5.69 Å². The molecule has 0 N–H and O–H groups in total. The Morgan fingerprint density at radius 2 is 1.56 bits per heavy atom. The largest absolute Gasteiger partial charge is 0.362 e. The second-order valence-corrected chi connectivity index (χ2v) is 7.72. The van der Waals surface area contributed by atoms with E-state index in [2.05, 4.69) is 0 Å². The summed E-state index contributed by atoms with van der Waals surface area (Å²) >= 11 is 0. The molecule has 1 amide bonds. The number of anilines is 1. The standard InChI is InChI=1S/C24H25FN4O3/c1-3-28-23(31)21(17(2)29(24(28)32)20-7-5-4-6-8-20)26-13-15-27(16-14-26)22(30)18-9-11-19(25)12-10-18/h4-12H,3,13-16H2,1-2H3. The monoisotopic (exact) mass is 436 g/mol. The molecular weight excluding hydrogens is 411 g/mol. The van der Waals surface area contributed by atoms with Crippen molar-refractivity contribution in [3.63, 3.8) is 0 Å². The van der Waals surface area contributed by atoms with Crippen molar-refractivity contribution in [1.82, 2.24) is 14.0 Å². The summed E-state index contributed by atoms with van der Waals surface area (Å²) in [6.07, 6.45) is 0. The fraction of sp³-hybridized carbons (Fsp3) is 0.292. The number of halogens is 1. The first kappa shape index (κ1) is 21.5. The maximum Gasteiger partial charge on any atom is 0.335 e. The van der Waals surface area contributed by atoms with Gasteiger partial charge in [-0.25, -0.2) is 9.18 Å². The van der Waals surface area contributed by atoms with Crippen LogP contribution in [-0.2, 0) is 6.54 Å². The van der Waals surface area contributed by atoms with E-state index in [1.165, 1.54) is 28.8 Å². The lowest BCUT2D eigenvalue weighted by molar-refractivity contribution is 0.0746. The van der Waals surface area contributed by atoms with Crippen LogP contribution in [0.4, 0.5) is 10.1 Å². The molecule has 3 aromatic rings. The molecule has 1 saturated heterocycles. The molecule has 2 heterocycles. The van der Waals surface area contributed by atoms with Gasteiger partial charge in [-0.2, -0.15) is 0 Å². The number of carbonyl (C=O) groups excluding carboxylic acids is 1. The van der Waals surface area contributed by atoms with Crippen LogP contribution in [0.25, 0.3) is 5.69 Å². The van der Waals surface area contributed by atoms with Crippen molar-refractivity contribution in [3.05, 3.63) is 92.5 Å². The minimum absolute atomic E-state index is 0.165. The summed E-state index contributed by atoms with van der Waals surface area (Å²) in [4.78, 5) is 42.6. The zero-order valence-electron chi connectivity index (χ0n) is 18.1. The molecule has 0 saturated carbocycles. The quantitative estimate of drug-likeness (QED) is 0.630. The van der Waals surface area contributed by atoms with Gasteiger partial charge in [0.05, 0.1) is 11.4 Å². The second kappa shape index (κ2) is 8.82. The zero-order valence-corrected chi connectivity index (χ0v) is 18.1. The summed E-state index contributed by atoms with van der Waals surface area (Å²) in [6.45, 7) is 5.58. The van der Waals surface area contributed by atoms with E-state index in [1.807, 2.05) is 35.2 Å². The molecular formula is C24H25FN4O3. The summed E-state index contributed by atoms with van der Waals surface area (Å²) in [5.41, 5.74) is 1.50. The van der Waals surface area contributed by atoms with Crippen molar-refractivity contribution in [2.24, 2.45) is 0 Å². The normalized spacial score (nSPS) is 14.0. The lowest BCUT2D eigenvalue weighted by atomic mass is 10.1. The van der Waals surface area contributed by atoms with Gasteiger partial charge in [-0.3, -0.25) is 18.7 Å². The number of carbonyl (C=O) groups is 1. The summed E-state index contributed by atoms with van der Waals surface area (Å²) in [7, 11) is 0. The summed E-state index contributed by atoms with van der Waals surface area (Å²) in [5, 5.41) is 0. The Morgan fingerprint density at radius 3 is 2.16 bits per heavy atom. The number of nitrogens with zero attached hydrogens (tertiary/aromatic N) is 4. The van der Waals surface area contributed by atoms with Gasteiger partial charge in [-0.1, -0.05) is 18.2 Å². The third-order valence-corrected chi connectivity index (χ3v) is 5.85. The van der Waals surface area contributed by atoms with Gasteiger partial charge >= 0.3 is 5.69 Å². The molecule has 8 heteroatoms. The molecule has 0 radical (unpaired) electrons. The molecule has 2 aromatic carbocycles. The van der Waals surface area contributed by atoms with E-state index < -0.39 is 0 Å². The highest BCUT2D eigenvalue weighted by atomic mass is 19.1. The highest BCUT2D eigenvalue weighted by molar-refractivity contribution is 5.94. The van der Waals surface area contributed by atoms with E-state index in [9.17, 15) is 18.8 Å². The fourth-order valence-corrected chi connectivity index (χ4v) is 4.17. The average Bonchev–Trinajstić information content (AvgIpc) is 2.80. The van der Waals surface area contributed by atoms with Gasteiger partial charge in [0.25, 0.3) is 11.5 Å². The topological polar surface area (TPSA) is 67.6 Å². The highest BCUT2D eigenvalue weighted by Gasteiger charge is 2.27. The van der Waals surface area contributed by atoms with Crippen molar-refractivity contribution in [1.29, 1.82) is 0 Å². The van der Waals surface area contributed by atoms with Crippen LogP contribution in [0.5, 0.6) is 0 Å². The Hall–Kier alpha value is -3.68. The molecule has 0 bridgehead atoms. The Morgan fingerprint density at radius 1 is 0.938 bits per heavy atom. The third kappa shape index (κ3) is 3.84. The molecule has 7 nitrogen and oxygen atoms in total. The van der Waals surface area contributed by atoms with Crippen LogP contribution in [0.15, 0.2) is 64.2 Å². The van der Waals surface area contributed by atoms with Crippen LogP contribution in [0.2, 0.25) is 0 Å². The molecule has 0 atom stereocenters. The highest BCUT2D eigenvalue weighted by Crippen LogP contribution is 2.20. The van der Waals surface area contributed by atoms with E-state index >= 15 is 0 Å². The molecule has 32 heavy (non-hydrogen) atoms. The Bertz CT molecular complexity index is 1240. The molecule has 1 aromatic heterocycles. The second-order valence-electron chi connectivity index (χ2n) is 7.72. The summed E-state index contributed by atoms with van der Waals surface area (Å²) in [5.74, 6) is -0.552. The number of hydrogen-bond acceptors (Lipinski definition) is 4. The smallest absolute Gasteiger partial charge is 0.335 e. The number of amides is 1. The molecule has 0 unspecified atom stereocenters. The number of piperazine rings is 1. The first-order valence-corrected chi connectivity index (χ1v) is 10.6. The van der Waals surface area contributed by atoms with E-state index in [0.717, 1.165) is 0 Å². The number of rotatable bonds is 4. The number of hydrogen-bond donors (Lipinski definition) is 0. The van der Waals surface area contributed by atoms with Gasteiger partial charge in [0.15, 0.2) is 0 Å². The van der Waals surface area contributed by atoms with Crippen LogP contribution in [0, 0.1) is 12.7 Å². The van der Waals surface area contributed by atoms with E-state index in [4.69, 9.17) is 0 Å². The van der Waals surface area contributed by atoms with Crippen molar-refractivity contribution in [2.75, 3.05) is 31.1 Å². The molecule has 4 rings (SSSR count). The lowest BCUT2D eigenvalue weighted by Gasteiger charge is -2.36. The van der Waals surface area contributed by atoms with Crippen molar-refractivity contribution < 1.29 is 9.18 Å². The molecule has 1 aliphatic rings. The predicted octanol–water partition coefficient (Wildman–Crippen LogP) is 2.43. The fourth-order valence-electron chi connectivity index (χ4n) is 4.17.